The molecule has 1 aromatic heterocycles. The molecule has 0 spiro atoms. The first-order valence-corrected chi connectivity index (χ1v) is 7.99. The second-order valence-corrected chi connectivity index (χ2v) is 5.39. The van der Waals surface area contributed by atoms with E-state index in [1.165, 1.54) is 0 Å². The molecular weight excluding hydrogens is 336 g/mol. The maximum Gasteiger partial charge on any atom is 0.311 e. The molecule has 0 aliphatic heterocycles. The van der Waals surface area contributed by atoms with Crippen molar-refractivity contribution in [2.75, 3.05) is 14.2 Å². The lowest BCUT2D eigenvalue weighted by Crippen LogP contribution is -2.09. The van der Waals surface area contributed by atoms with Gasteiger partial charge in [0.2, 0.25) is 11.7 Å². The third kappa shape index (κ3) is 4.38. The number of aromatic nitrogens is 2. The molecule has 0 saturated heterocycles. The number of carbonyl (C=O) groups excluding carboxylic acids is 1. The Balaban J connectivity index is 1.54. The van der Waals surface area contributed by atoms with Crippen LogP contribution in [0.2, 0.25) is 0 Å². The van der Waals surface area contributed by atoms with E-state index in [0.717, 1.165) is 11.3 Å². The Morgan fingerprint density at radius 3 is 2.12 bits per heavy atom. The number of esters is 1. The molecule has 0 bridgehead atoms. The van der Waals surface area contributed by atoms with Crippen molar-refractivity contribution in [2.45, 2.75) is 12.8 Å². The van der Waals surface area contributed by atoms with E-state index in [9.17, 15) is 4.79 Å². The van der Waals surface area contributed by atoms with Crippen LogP contribution in [-0.4, -0.2) is 30.3 Å². The van der Waals surface area contributed by atoms with E-state index in [2.05, 4.69) is 10.1 Å². The first-order chi connectivity index (χ1) is 12.7. The molecule has 0 radical (unpaired) electrons. The molecule has 0 fully saturated rings. The molecule has 7 nitrogen and oxygen atoms in total. The molecule has 134 valence electrons. The molecule has 26 heavy (non-hydrogen) atoms. The molecule has 0 N–H and O–H groups in total. The topological polar surface area (TPSA) is 83.7 Å². The van der Waals surface area contributed by atoms with E-state index < -0.39 is 0 Å². The minimum Gasteiger partial charge on any atom is -0.497 e. The van der Waals surface area contributed by atoms with Gasteiger partial charge in [-0.2, -0.15) is 4.98 Å². The van der Waals surface area contributed by atoms with Crippen LogP contribution in [0.4, 0.5) is 0 Å². The Bertz CT molecular complexity index is 856. The third-order valence-electron chi connectivity index (χ3n) is 3.65. The molecule has 7 heteroatoms. The van der Waals surface area contributed by atoms with Gasteiger partial charge in [0.05, 0.1) is 20.6 Å². The van der Waals surface area contributed by atoms with Crippen molar-refractivity contribution in [1.29, 1.82) is 0 Å². The third-order valence-corrected chi connectivity index (χ3v) is 3.65. The highest BCUT2D eigenvalue weighted by atomic mass is 16.5. The number of hydrogen-bond acceptors (Lipinski definition) is 7. The fraction of sp³-hybridized carbons (Fsp3) is 0.211. The standard InChI is InChI=1S/C19H18N2O5/c1-23-14-5-3-13(4-6-14)19-20-17(26-21-19)11-12-18(22)25-16-9-7-15(24-2)8-10-16/h3-10H,11-12H2,1-2H3. The van der Waals surface area contributed by atoms with Crippen molar-refractivity contribution < 1.29 is 23.5 Å². The summed E-state index contributed by atoms with van der Waals surface area (Å²) in [5.74, 6) is 2.37. The van der Waals surface area contributed by atoms with Gasteiger partial charge < -0.3 is 18.7 Å². The van der Waals surface area contributed by atoms with Gasteiger partial charge in [-0.05, 0) is 48.5 Å². The Morgan fingerprint density at radius 1 is 0.923 bits per heavy atom. The monoisotopic (exact) mass is 354 g/mol. The molecule has 1 heterocycles. The van der Waals surface area contributed by atoms with Crippen LogP contribution in [0, 0.1) is 0 Å². The van der Waals surface area contributed by atoms with Crippen LogP contribution in [0.5, 0.6) is 17.2 Å². The number of ether oxygens (including phenoxy) is 3. The van der Waals surface area contributed by atoms with Crippen molar-refractivity contribution in [3.8, 4) is 28.6 Å². The van der Waals surface area contributed by atoms with Gasteiger partial charge >= 0.3 is 5.97 Å². The van der Waals surface area contributed by atoms with Crippen LogP contribution in [0.3, 0.4) is 0 Å². The average Bonchev–Trinajstić information content (AvgIpc) is 3.16. The summed E-state index contributed by atoms with van der Waals surface area (Å²) in [5, 5.41) is 3.93. The van der Waals surface area contributed by atoms with Gasteiger partial charge in [-0.25, -0.2) is 0 Å². The van der Waals surface area contributed by atoms with E-state index >= 15 is 0 Å². The number of benzene rings is 2. The number of rotatable bonds is 7. The van der Waals surface area contributed by atoms with E-state index in [-0.39, 0.29) is 12.4 Å². The zero-order valence-electron chi connectivity index (χ0n) is 14.5. The smallest absolute Gasteiger partial charge is 0.311 e. The fourth-order valence-corrected chi connectivity index (χ4v) is 2.25. The van der Waals surface area contributed by atoms with Crippen molar-refractivity contribution >= 4 is 5.97 Å². The van der Waals surface area contributed by atoms with Gasteiger partial charge in [0.1, 0.15) is 17.2 Å². The van der Waals surface area contributed by atoms with E-state index in [1.807, 2.05) is 24.3 Å². The molecule has 3 rings (SSSR count). The Morgan fingerprint density at radius 2 is 1.50 bits per heavy atom. The second kappa shape index (κ2) is 8.15. The maximum absolute atomic E-state index is 11.9. The van der Waals surface area contributed by atoms with Gasteiger partial charge in [-0.15, -0.1) is 0 Å². The predicted octanol–water partition coefficient (Wildman–Crippen LogP) is 3.29. The van der Waals surface area contributed by atoms with Crippen LogP contribution in [0.25, 0.3) is 11.4 Å². The van der Waals surface area contributed by atoms with E-state index in [1.54, 1.807) is 38.5 Å². The minimum absolute atomic E-state index is 0.135. The molecule has 0 aliphatic carbocycles. The lowest BCUT2D eigenvalue weighted by Gasteiger charge is -2.04. The van der Waals surface area contributed by atoms with Gasteiger partial charge in [0.15, 0.2) is 0 Å². The van der Waals surface area contributed by atoms with Crippen LogP contribution in [0.1, 0.15) is 12.3 Å². The van der Waals surface area contributed by atoms with Crippen LogP contribution in [0.15, 0.2) is 53.1 Å². The molecule has 0 aliphatic rings. The Kier molecular flexibility index (Phi) is 5.48. The quantitative estimate of drug-likeness (QED) is 0.475. The first-order valence-electron chi connectivity index (χ1n) is 7.99. The normalized spacial score (nSPS) is 10.4. The summed E-state index contributed by atoms with van der Waals surface area (Å²) in [6.45, 7) is 0. The highest BCUT2D eigenvalue weighted by Crippen LogP contribution is 2.20. The number of hydrogen-bond donors (Lipinski definition) is 0. The maximum atomic E-state index is 11.9. The van der Waals surface area contributed by atoms with Crippen LogP contribution in [-0.2, 0) is 11.2 Å². The van der Waals surface area contributed by atoms with Crippen molar-refractivity contribution in [3.63, 3.8) is 0 Å². The van der Waals surface area contributed by atoms with Gasteiger partial charge in [-0.1, -0.05) is 5.16 Å². The van der Waals surface area contributed by atoms with Gasteiger partial charge in [-0.3, -0.25) is 4.79 Å². The Hall–Kier alpha value is -3.35. The van der Waals surface area contributed by atoms with Crippen molar-refractivity contribution in [2.24, 2.45) is 0 Å². The summed E-state index contributed by atoms with van der Waals surface area (Å²) < 4.78 is 20.6. The summed E-state index contributed by atoms with van der Waals surface area (Å²) in [4.78, 5) is 16.2. The molecular formula is C19H18N2O5. The summed E-state index contributed by atoms with van der Waals surface area (Å²) in [6.07, 6.45) is 0.439. The highest BCUT2D eigenvalue weighted by Gasteiger charge is 2.12. The van der Waals surface area contributed by atoms with Crippen LogP contribution < -0.4 is 14.2 Å². The van der Waals surface area contributed by atoms with Crippen molar-refractivity contribution in [3.05, 3.63) is 54.4 Å². The van der Waals surface area contributed by atoms with E-state index in [4.69, 9.17) is 18.7 Å². The fourth-order valence-electron chi connectivity index (χ4n) is 2.25. The SMILES string of the molecule is COc1ccc(OC(=O)CCc2nc(-c3ccc(OC)cc3)no2)cc1. The summed E-state index contributed by atoms with van der Waals surface area (Å²) >= 11 is 0. The molecule has 2 aromatic carbocycles. The molecule has 0 atom stereocenters. The lowest BCUT2D eigenvalue weighted by molar-refractivity contribution is -0.134. The highest BCUT2D eigenvalue weighted by molar-refractivity contribution is 5.72. The second-order valence-electron chi connectivity index (χ2n) is 5.39. The lowest BCUT2D eigenvalue weighted by atomic mass is 10.2. The zero-order valence-corrected chi connectivity index (χ0v) is 14.5. The molecule has 3 aromatic rings. The van der Waals surface area contributed by atoms with Crippen LogP contribution >= 0.6 is 0 Å². The largest absolute Gasteiger partial charge is 0.497 e. The molecule has 0 saturated carbocycles. The van der Waals surface area contributed by atoms with Gasteiger partial charge in [0.25, 0.3) is 0 Å². The average molecular weight is 354 g/mol. The summed E-state index contributed by atoms with van der Waals surface area (Å²) in [7, 11) is 3.18. The number of aryl methyl sites for hydroxylation is 1. The summed E-state index contributed by atoms with van der Waals surface area (Å²) in [5.41, 5.74) is 0.807. The van der Waals surface area contributed by atoms with E-state index in [0.29, 0.717) is 29.6 Å². The number of carbonyl (C=O) groups is 1. The molecule has 0 amide bonds. The minimum atomic E-state index is -0.376. The van der Waals surface area contributed by atoms with Crippen molar-refractivity contribution in [1.82, 2.24) is 10.1 Å². The Labute approximate surface area is 150 Å². The number of nitrogens with zero attached hydrogens (tertiary/aromatic N) is 2. The first kappa shape index (κ1) is 17.5. The summed E-state index contributed by atoms with van der Waals surface area (Å²) in [6, 6.07) is 14.1. The molecule has 0 unspecified atom stereocenters. The number of methoxy groups -OCH3 is 2. The predicted molar refractivity (Wildman–Crippen MR) is 93.2 cm³/mol. The zero-order chi connectivity index (χ0) is 18.4. The van der Waals surface area contributed by atoms with Gasteiger partial charge in [0, 0.05) is 12.0 Å².